The first-order valence-corrected chi connectivity index (χ1v) is 15.2. The van der Waals surface area contributed by atoms with Gasteiger partial charge in [0.05, 0.1) is 33.0 Å². The van der Waals surface area contributed by atoms with Crippen molar-refractivity contribution in [1.82, 2.24) is 5.32 Å². The van der Waals surface area contributed by atoms with Crippen molar-refractivity contribution in [2.75, 3.05) is 39.6 Å². The molecular formula is C31H63N3O9. The van der Waals surface area contributed by atoms with E-state index in [4.69, 9.17) is 24.7 Å². The highest BCUT2D eigenvalue weighted by atomic mass is 16.5. The fourth-order valence-electron chi connectivity index (χ4n) is 2.68. The monoisotopic (exact) mass is 621 g/mol. The number of Topliss-reactive ketones (excluding diaryl/α,β-unsaturated/α-hetero) is 2. The highest BCUT2D eigenvalue weighted by Crippen LogP contribution is 2.11. The van der Waals surface area contributed by atoms with Gasteiger partial charge in [0, 0.05) is 51.0 Å². The topological polar surface area (TPSA) is 194 Å². The van der Waals surface area contributed by atoms with Crippen LogP contribution in [0.2, 0.25) is 0 Å². The third kappa shape index (κ3) is 41.5. The van der Waals surface area contributed by atoms with Gasteiger partial charge in [-0.05, 0) is 6.42 Å². The summed E-state index contributed by atoms with van der Waals surface area (Å²) in [5, 5.41) is 2.85. The smallest absolute Gasteiger partial charge is 0.217 e. The van der Waals surface area contributed by atoms with Crippen LogP contribution in [-0.2, 0) is 43.0 Å². The van der Waals surface area contributed by atoms with Gasteiger partial charge in [0.25, 0.3) is 0 Å². The number of carbonyl (C=O) groups is 6. The molecule has 3 amide bonds. The number of hydrogen-bond donors (Lipinski definition) is 3. The second kappa shape index (κ2) is 37.3. The predicted octanol–water partition coefficient (Wildman–Crippen LogP) is 3.55. The second-order valence-corrected chi connectivity index (χ2v) is 9.88. The lowest BCUT2D eigenvalue weighted by Crippen LogP contribution is -2.58. The van der Waals surface area contributed by atoms with Crippen LogP contribution in [0.15, 0.2) is 0 Å². The normalized spacial score (nSPS) is 11.0. The van der Waals surface area contributed by atoms with E-state index in [0.29, 0.717) is 13.0 Å². The summed E-state index contributed by atoms with van der Waals surface area (Å²) in [7, 11) is 0. The van der Waals surface area contributed by atoms with Gasteiger partial charge in [0.15, 0.2) is 0 Å². The molecule has 0 aliphatic rings. The minimum Gasteiger partial charge on any atom is -0.379 e. The first kappa shape index (κ1) is 50.0. The number of carbonyl (C=O) groups excluding carboxylic acids is 6. The Labute approximate surface area is 260 Å². The van der Waals surface area contributed by atoms with E-state index >= 15 is 0 Å². The van der Waals surface area contributed by atoms with Gasteiger partial charge in [0.2, 0.25) is 18.2 Å². The van der Waals surface area contributed by atoms with E-state index in [0.717, 1.165) is 12.7 Å². The van der Waals surface area contributed by atoms with E-state index in [1.807, 2.05) is 48.5 Å². The third-order valence-corrected chi connectivity index (χ3v) is 4.70. The van der Waals surface area contributed by atoms with Gasteiger partial charge in [-0.3, -0.25) is 24.0 Å². The number of aldehydes is 1. The first-order chi connectivity index (χ1) is 20.2. The third-order valence-electron chi connectivity index (χ3n) is 4.70. The molecule has 0 aromatic heterocycles. The van der Waals surface area contributed by atoms with E-state index in [1.165, 1.54) is 13.3 Å². The number of primary amides is 2. The van der Waals surface area contributed by atoms with Crippen LogP contribution in [0.1, 0.15) is 108 Å². The Morgan fingerprint density at radius 2 is 1.16 bits per heavy atom. The first-order valence-electron chi connectivity index (χ1n) is 15.2. The highest BCUT2D eigenvalue weighted by molar-refractivity contribution is 5.85. The SMILES string of the molecule is CC.CC(C)C(=O)CCC(N)=O.CCC.CCCOCC(COCCC=O)(COCCC(=O)C(C)C)NC(C)=O.NC=O. The number of rotatable bonds is 20. The molecule has 1 unspecified atom stereocenters. The zero-order valence-electron chi connectivity index (χ0n) is 28.6. The molecule has 1 atom stereocenters. The van der Waals surface area contributed by atoms with Crippen LogP contribution < -0.4 is 16.8 Å². The van der Waals surface area contributed by atoms with Crippen LogP contribution in [0.25, 0.3) is 0 Å². The Hall–Kier alpha value is -2.70. The van der Waals surface area contributed by atoms with Gasteiger partial charge in [-0.15, -0.1) is 0 Å². The van der Waals surface area contributed by atoms with Crippen LogP contribution in [0.5, 0.6) is 0 Å². The molecule has 0 aromatic rings. The lowest BCUT2D eigenvalue weighted by Gasteiger charge is -2.33. The zero-order chi connectivity index (χ0) is 34.7. The molecule has 0 fully saturated rings. The van der Waals surface area contributed by atoms with Crippen molar-refractivity contribution < 1.29 is 43.0 Å². The molecule has 0 saturated carbocycles. The van der Waals surface area contributed by atoms with Crippen LogP contribution in [0.3, 0.4) is 0 Å². The molecule has 0 aliphatic heterocycles. The maximum atomic E-state index is 11.7. The van der Waals surface area contributed by atoms with Crippen molar-refractivity contribution in [1.29, 1.82) is 0 Å². The zero-order valence-corrected chi connectivity index (χ0v) is 28.6. The number of nitrogens with one attached hydrogen (secondary N) is 1. The molecule has 0 saturated heterocycles. The predicted molar refractivity (Wildman–Crippen MR) is 170 cm³/mol. The van der Waals surface area contributed by atoms with Gasteiger partial charge >= 0.3 is 0 Å². The van der Waals surface area contributed by atoms with Gasteiger partial charge < -0.3 is 35.8 Å². The summed E-state index contributed by atoms with van der Waals surface area (Å²) in [5.41, 5.74) is 8.17. The summed E-state index contributed by atoms with van der Waals surface area (Å²) in [4.78, 5) is 63.3. The minimum absolute atomic E-state index is 0.0133. The molecule has 43 heavy (non-hydrogen) atoms. The molecule has 5 N–H and O–H groups in total. The summed E-state index contributed by atoms with van der Waals surface area (Å²) in [6.07, 6.45) is 4.21. The molecule has 12 heteroatoms. The quantitative estimate of drug-likeness (QED) is 0.135. The van der Waals surface area contributed by atoms with Crippen LogP contribution in [0, 0.1) is 11.8 Å². The van der Waals surface area contributed by atoms with Crippen LogP contribution >= 0.6 is 0 Å². The van der Waals surface area contributed by atoms with E-state index in [2.05, 4.69) is 24.9 Å². The maximum Gasteiger partial charge on any atom is 0.217 e. The van der Waals surface area contributed by atoms with Gasteiger partial charge in [-0.2, -0.15) is 0 Å². The van der Waals surface area contributed by atoms with E-state index in [9.17, 15) is 24.0 Å². The van der Waals surface area contributed by atoms with Gasteiger partial charge in [0.1, 0.15) is 23.4 Å². The Morgan fingerprint density at radius 1 is 0.767 bits per heavy atom. The van der Waals surface area contributed by atoms with E-state index < -0.39 is 11.4 Å². The van der Waals surface area contributed by atoms with Crippen molar-refractivity contribution in [3.8, 4) is 0 Å². The van der Waals surface area contributed by atoms with Crippen molar-refractivity contribution in [2.45, 2.75) is 113 Å². The van der Waals surface area contributed by atoms with Crippen molar-refractivity contribution in [2.24, 2.45) is 23.3 Å². The molecule has 0 aromatic carbocycles. The number of amides is 3. The molecule has 0 radical (unpaired) electrons. The minimum atomic E-state index is -0.842. The Morgan fingerprint density at radius 3 is 1.51 bits per heavy atom. The Kier molecular flexibility index (Phi) is 43.4. The van der Waals surface area contributed by atoms with Crippen molar-refractivity contribution in [3.05, 3.63) is 0 Å². The van der Waals surface area contributed by atoms with Crippen molar-refractivity contribution >= 4 is 36.1 Å². The molecule has 0 heterocycles. The lowest BCUT2D eigenvalue weighted by atomic mass is 10.0. The summed E-state index contributed by atoms with van der Waals surface area (Å²) >= 11 is 0. The van der Waals surface area contributed by atoms with Crippen LogP contribution in [0.4, 0.5) is 0 Å². The molecular weight excluding hydrogens is 558 g/mol. The van der Waals surface area contributed by atoms with Crippen molar-refractivity contribution in [3.63, 3.8) is 0 Å². The highest BCUT2D eigenvalue weighted by Gasteiger charge is 2.32. The Bertz CT molecular complexity index is 702. The summed E-state index contributed by atoms with van der Waals surface area (Å²) in [5.74, 6) is -0.411. The fourth-order valence-corrected chi connectivity index (χ4v) is 2.68. The average molecular weight is 622 g/mol. The number of nitrogens with two attached hydrogens (primary N) is 2. The molecule has 0 aliphatic carbocycles. The molecule has 0 spiro atoms. The second-order valence-electron chi connectivity index (χ2n) is 9.88. The summed E-state index contributed by atoms with van der Waals surface area (Å²) in [6.45, 7) is 20.7. The fraction of sp³-hybridized carbons (Fsp3) is 0.806. The summed E-state index contributed by atoms with van der Waals surface area (Å²) < 4.78 is 16.8. The maximum absolute atomic E-state index is 11.7. The van der Waals surface area contributed by atoms with Gasteiger partial charge in [-0.1, -0.05) is 68.7 Å². The largest absolute Gasteiger partial charge is 0.379 e. The Balaban J connectivity index is -0.000000219. The van der Waals surface area contributed by atoms with Gasteiger partial charge in [-0.25, -0.2) is 0 Å². The summed E-state index contributed by atoms with van der Waals surface area (Å²) in [6, 6.07) is 0. The number of ketones is 2. The van der Waals surface area contributed by atoms with Crippen LogP contribution in [-0.4, -0.2) is 81.3 Å². The molecule has 256 valence electrons. The van der Waals surface area contributed by atoms with E-state index in [-0.39, 0.29) is 88.0 Å². The molecule has 0 bridgehead atoms. The standard InChI is InChI=1S/C18H33NO6.C7H13NO2.C3H8.C2H6.CH3NO/c1-5-9-23-12-18(19-16(4)21,13-24-10-6-8-20)14-25-11-7-17(22)15(2)3;1-5(2)6(9)3-4-7(8)10;1-3-2;1-2;2-1-3/h8,15H,5-7,9-14H2,1-4H3,(H,19,21);5H,3-4H2,1-2H3,(H2,8,10);3H2,1-2H3;1-2H3;1H,(H2,2,3). The molecule has 12 nitrogen and oxygen atoms in total. The average Bonchev–Trinajstić information content (AvgIpc) is 2.94. The van der Waals surface area contributed by atoms with E-state index in [1.54, 1.807) is 0 Å². The lowest BCUT2D eigenvalue weighted by molar-refractivity contribution is -0.127. The number of ether oxygens (including phenoxy) is 3. The number of hydrogen-bond acceptors (Lipinski definition) is 9. The molecule has 0 rings (SSSR count).